The molecule has 1 saturated carbocycles. The number of nitrogens with zero attached hydrogens (tertiary/aromatic N) is 1. The highest BCUT2D eigenvalue weighted by Gasteiger charge is 2.29. The lowest BCUT2D eigenvalue weighted by molar-refractivity contribution is 0.141. The van der Waals surface area contributed by atoms with E-state index in [1.165, 1.54) is 0 Å². The number of hydrogen-bond donors (Lipinski definition) is 1. The molecule has 0 radical (unpaired) electrons. The van der Waals surface area contributed by atoms with Crippen LogP contribution < -0.4 is 10.1 Å². The maximum absolute atomic E-state index is 12.9. The molecule has 1 aromatic rings. The lowest BCUT2D eigenvalue weighted by Crippen LogP contribution is -2.45. The average molecular weight is 210 g/mol. The summed E-state index contributed by atoms with van der Waals surface area (Å²) in [6.07, 6.45) is 2.71. The number of hydrogen-bond acceptors (Lipinski definition) is 3. The van der Waals surface area contributed by atoms with Gasteiger partial charge in [-0.1, -0.05) is 6.07 Å². The van der Waals surface area contributed by atoms with Crippen LogP contribution in [0.1, 0.15) is 18.4 Å². The molecular formula is C11H15FN2O. The summed E-state index contributed by atoms with van der Waals surface area (Å²) in [5.41, 5.74) is 1.05. The molecule has 1 aliphatic carbocycles. The van der Waals surface area contributed by atoms with Crippen LogP contribution in [-0.4, -0.2) is 24.3 Å². The standard InChI is InChI=1S/C11H15FN2O/c1-15-11-5-2-8(7-14-11)6-13-10-4-3-9(10)12/h2,5,7,9-10,13H,3-4,6H2,1H3. The van der Waals surface area contributed by atoms with Gasteiger partial charge in [0, 0.05) is 24.8 Å². The number of ether oxygens (including phenoxy) is 1. The first-order chi connectivity index (χ1) is 7.29. The van der Waals surface area contributed by atoms with E-state index in [1.54, 1.807) is 13.3 Å². The monoisotopic (exact) mass is 210 g/mol. The van der Waals surface area contributed by atoms with E-state index in [0.29, 0.717) is 18.8 Å². The first-order valence-electron chi connectivity index (χ1n) is 5.16. The smallest absolute Gasteiger partial charge is 0.212 e. The minimum absolute atomic E-state index is 0.0344. The Kier molecular flexibility index (Phi) is 3.16. The Morgan fingerprint density at radius 2 is 2.40 bits per heavy atom. The second-order valence-electron chi connectivity index (χ2n) is 3.79. The molecule has 2 atom stereocenters. The quantitative estimate of drug-likeness (QED) is 0.821. The number of alkyl halides is 1. The molecule has 2 unspecified atom stereocenters. The van der Waals surface area contributed by atoms with E-state index < -0.39 is 6.17 Å². The summed E-state index contributed by atoms with van der Waals surface area (Å²) < 4.78 is 17.9. The Bertz CT molecular complexity index is 315. The zero-order chi connectivity index (χ0) is 10.7. The summed E-state index contributed by atoms with van der Waals surface area (Å²) in [7, 11) is 1.59. The third-order valence-electron chi connectivity index (χ3n) is 2.77. The van der Waals surface area contributed by atoms with Gasteiger partial charge in [0.2, 0.25) is 5.88 Å². The minimum Gasteiger partial charge on any atom is -0.481 e. The SMILES string of the molecule is COc1ccc(CNC2CCC2F)cn1. The largest absolute Gasteiger partial charge is 0.481 e. The van der Waals surface area contributed by atoms with Crippen molar-refractivity contribution in [1.29, 1.82) is 0 Å². The second-order valence-corrected chi connectivity index (χ2v) is 3.79. The van der Waals surface area contributed by atoms with Crippen LogP contribution in [0.25, 0.3) is 0 Å². The minimum atomic E-state index is -0.670. The van der Waals surface area contributed by atoms with Crippen LogP contribution in [0.2, 0.25) is 0 Å². The van der Waals surface area contributed by atoms with Crippen LogP contribution in [-0.2, 0) is 6.54 Å². The van der Waals surface area contributed by atoms with Gasteiger partial charge in [0.1, 0.15) is 6.17 Å². The van der Waals surface area contributed by atoms with Gasteiger partial charge in [-0.05, 0) is 18.4 Å². The van der Waals surface area contributed by atoms with E-state index >= 15 is 0 Å². The van der Waals surface area contributed by atoms with E-state index in [9.17, 15) is 4.39 Å². The van der Waals surface area contributed by atoms with E-state index in [4.69, 9.17) is 4.74 Å². The summed E-state index contributed by atoms with van der Waals surface area (Å²) in [6, 6.07) is 3.78. The highest BCUT2D eigenvalue weighted by atomic mass is 19.1. The van der Waals surface area contributed by atoms with Crippen LogP contribution in [0.4, 0.5) is 4.39 Å². The Morgan fingerprint density at radius 1 is 1.53 bits per heavy atom. The molecule has 15 heavy (non-hydrogen) atoms. The number of pyridine rings is 1. The Morgan fingerprint density at radius 3 is 2.87 bits per heavy atom. The van der Waals surface area contributed by atoms with Crippen LogP contribution in [0, 0.1) is 0 Å². The summed E-state index contributed by atoms with van der Waals surface area (Å²) >= 11 is 0. The normalized spacial score (nSPS) is 24.7. The van der Waals surface area contributed by atoms with E-state index in [0.717, 1.165) is 12.0 Å². The van der Waals surface area contributed by atoms with Gasteiger partial charge in [-0.25, -0.2) is 9.37 Å². The van der Waals surface area contributed by atoms with Crippen LogP contribution >= 0.6 is 0 Å². The number of methoxy groups -OCH3 is 1. The maximum atomic E-state index is 12.9. The Labute approximate surface area is 88.7 Å². The third kappa shape index (κ3) is 2.45. The molecule has 2 rings (SSSR count). The molecule has 0 aromatic carbocycles. The zero-order valence-corrected chi connectivity index (χ0v) is 8.74. The molecular weight excluding hydrogens is 195 g/mol. The molecule has 82 valence electrons. The highest BCUT2D eigenvalue weighted by Crippen LogP contribution is 2.23. The van der Waals surface area contributed by atoms with Gasteiger partial charge < -0.3 is 10.1 Å². The fraction of sp³-hybridized carbons (Fsp3) is 0.545. The van der Waals surface area contributed by atoms with Crippen molar-refractivity contribution in [1.82, 2.24) is 10.3 Å². The van der Waals surface area contributed by atoms with Crippen LogP contribution in [0.15, 0.2) is 18.3 Å². The summed E-state index contributed by atoms with van der Waals surface area (Å²) in [4.78, 5) is 4.08. The maximum Gasteiger partial charge on any atom is 0.212 e. The lowest BCUT2D eigenvalue weighted by atomic mass is 9.90. The topological polar surface area (TPSA) is 34.1 Å². The molecule has 1 N–H and O–H groups in total. The van der Waals surface area contributed by atoms with Crippen molar-refractivity contribution in [2.75, 3.05) is 7.11 Å². The molecule has 0 aliphatic heterocycles. The number of halogens is 1. The third-order valence-corrected chi connectivity index (χ3v) is 2.77. The number of rotatable bonds is 4. The predicted octanol–water partition coefficient (Wildman–Crippen LogP) is 1.68. The molecule has 3 nitrogen and oxygen atoms in total. The fourth-order valence-electron chi connectivity index (χ4n) is 1.57. The van der Waals surface area contributed by atoms with Gasteiger partial charge in [0.15, 0.2) is 0 Å². The Balaban J connectivity index is 1.82. The number of nitrogens with one attached hydrogen (secondary N) is 1. The summed E-state index contributed by atoms with van der Waals surface area (Å²) in [6.45, 7) is 0.669. The molecule has 1 aliphatic rings. The highest BCUT2D eigenvalue weighted by molar-refractivity contribution is 5.17. The fourth-order valence-corrected chi connectivity index (χ4v) is 1.57. The molecule has 0 spiro atoms. The molecule has 0 saturated heterocycles. The molecule has 0 amide bonds. The molecule has 1 heterocycles. The summed E-state index contributed by atoms with van der Waals surface area (Å²) in [5, 5.41) is 3.17. The molecule has 1 aromatic heterocycles. The average Bonchev–Trinajstić information content (AvgIpc) is 2.28. The van der Waals surface area contributed by atoms with Gasteiger partial charge in [0.25, 0.3) is 0 Å². The van der Waals surface area contributed by atoms with Crippen LogP contribution in [0.5, 0.6) is 5.88 Å². The second kappa shape index (κ2) is 4.57. The number of aromatic nitrogens is 1. The van der Waals surface area contributed by atoms with Gasteiger partial charge in [-0.15, -0.1) is 0 Å². The Hall–Kier alpha value is -1.16. The van der Waals surface area contributed by atoms with Gasteiger partial charge >= 0.3 is 0 Å². The molecule has 1 fully saturated rings. The van der Waals surface area contributed by atoms with Crippen molar-refractivity contribution < 1.29 is 9.13 Å². The van der Waals surface area contributed by atoms with E-state index in [2.05, 4.69) is 10.3 Å². The van der Waals surface area contributed by atoms with Gasteiger partial charge in [-0.3, -0.25) is 0 Å². The van der Waals surface area contributed by atoms with Crippen molar-refractivity contribution >= 4 is 0 Å². The summed E-state index contributed by atoms with van der Waals surface area (Å²) in [5.74, 6) is 0.603. The first-order valence-corrected chi connectivity index (χ1v) is 5.16. The predicted molar refractivity (Wildman–Crippen MR) is 55.5 cm³/mol. The van der Waals surface area contributed by atoms with E-state index in [-0.39, 0.29) is 6.04 Å². The van der Waals surface area contributed by atoms with Crippen molar-refractivity contribution in [3.8, 4) is 5.88 Å². The van der Waals surface area contributed by atoms with Crippen LogP contribution in [0.3, 0.4) is 0 Å². The van der Waals surface area contributed by atoms with Gasteiger partial charge in [-0.2, -0.15) is 0 Å². The first kappa shape index (κ1) is 10.4. The zero-order valence-electron chi connectivity index (χ0n) is 8.74. The molecule has 0 bridgehead atoms. The van der Waals surface area contributed by atoms with Crippen molar-refractivity contribution in [2.45, 2.75) is 31.6 Å². The molecule has 4 heteroatoms. The van der Waals surface area contributed by atoms with E-state index in [1.807, 2.05) is 12.1 Å². The lowest BCUT2D eigenvalue weighted by Gasteiger charge is -2.31. The van der Waals surface area contributed by atoms with Crippen molar-refractivity contribution in [3.05, 3.63) is 23.9 Å². The van der Waals surface area contributed by atoms with Gasteiger partial charge in [0.05, 0.1) is 7.11 Å². The van der Waals surface area contributed by atoms with Crippen molar-refractivity contribution in [2.24, 2.45) is 0 Å². The van der Waals surface area contributed by atoms with Crippen molar-refractivity contribution in [3.63, 3.8) is 0 Å².